The van der Waals surface area contributed by atoms with Gasteiger partial charge in [0.25, 0.3) is 0 Å². The molecule has 0 fully saturated rings. The summed E-state index contributed by atoms with van der Waals surface area (Å²) in [4.78, 5) is 11.0. The fourth-order valence-corrected chi connectivity index (χ4v) is 1.28. The number of rotatable bonds is 0. The van der Waals surface area contributed by atoms with Crippen LogP contribution in [0, 0.1) is 24.2 Å². The minimum atomic E-state index is 0.00463. The number of hydrogen-bond donors (Lipinski definition) is 0. The molecule has 10 heavy (non-hydrogen) atoms. The van der Waals surface area contributed by atoms with Gasteiger partial charge in [0, 0.05) is 5.92 Å². The minimum Gasteiger partial charge on any atom is -0.294 e. The molecule has 0 aliphatic heterocycles. The second-order valence-electron chi connectivity index (χ2n) is 2.72. The zero-order chi connectivity index (χ0) is 7.72. The molecule has 0 bridgehead atoms. The van der Waals surface area contributed by atoms with Crippen molar-refractivity contribution in [2.24, 2.45) is 11.8 Å². The van der Waals surface area contributed by atoms with E-state index in [1.165, 1.54) is 0 Å². The smallest absolute Gasteiger partial charge is 0.160 e. The Hall–Kier alpha value is -1.03. The van der Waals surface area contributed by atoms with Crippen LogP contribution in [0.5, 0.6) is 0 Å². The van der Waals surface area contributed by atoms with E-state index in [1.807, 2.05) is 13.8 Å². The first-order chi connectivity index (χ1) is 4.66. The Morgan fingerprint density at radius 2 is 2.30 bits per heavy atom. The summed E-state index contributed by atoms with van der Waals surface area (Å²) in [5.41, 5.74) is 1.03. The molecule has 0 spiro atoms. The van der Waals surface area contributed by atoms with Crippen LogP contribution < -0.4 is 0 Å². The molecule has 0 aromatic heterocycles. The second-order valence-corrected chi connectivity index (χ2v) is 2.72. The lowest BCUT2D eigenvalue weighted by Gasteiger charge is -2.07. The summed E-state index contributed by atoms with van der Waals surface area (Å²) in [6.07, 6.45) is 6.88. The van der Waals surface area contributed by atoms with Crippen LogP contribution >= 0.6 is 0 Å². The van der Waals surface area contributed by atoms with E-state index in [1.54, 1.807) is 6.08 Å². The first-order valence-corrected chi connectivity index (χ1v) is 3.35. The zero-order valence-corrected chi connectivity index (χ0v) is 6.22. The lowest BCUT2D eigenvalue weighted by atomic mass is 9.94. The maximum Gasteiger partial charge on any atom is 0.160 e. The Kier molecular flexibility index (Phi) is 1.63. The van der Waals surface area contributed by atoms with Crippen molar-refractivity contribution < 1.29 is 4.79 Å². The molecule has 2 atom stereocenters. The van der Waals surface area contributed by atoms with E-state index in [2.05, 4.69) is 5.92 Å². The summed E-state index contributed by atoms with van der Waals surface area (Å²) in [6.45, 7) is 3.78. The third-order valence-corrected chi connectivity index (χ3v) is 1.99. The molecule has 1 heteroatoms. The summed E-state index contributed by atoms with van der Waals surface area (Å²) in [7, 11) is 0. The first kappa shape index (κ1) is 7.08. The van der Waals surface area contributed by atoms with E-state index >= 15 is 0 Å². The Morgan fingerprint density at radius 1 is 1.70 bits per heavy atom. The van der Waals surface area contributed by atoms with Crippen LogP contribution in [0.1, 0.15) is 13.8 Å². The molecular formula is C9H10O. The average Bonchev–Trinajstić information content (AvgIpc) is 2.09. The van der Waals surface area contributed by atoms with Crippen molar-refractivity contribution >= 4 is 5.78 Å². The van der Waals surface area contributed by atoms with Crippen LogP contribution in [0.4, 0.5) is 0 Å². The maximum atomic E-state index is 11.0. The van der Waals surface area contributed by atoms with Gasteiger partial charge in [0.15, 0.2) is 5.78 Å². The summed E-state index contributed by atoms with van der Waals surface area (Å²) in [5, 5.41) is 0. The summed E-state index contributed by atoms with van der Waals surface area (Å²) in [5.74, 6) is 2.83. The predicted molar refractivity (Wildman–Crippen MR) is 40.3 cm³/mol. The van der Waals surface area contributed by atoms with E-state index in [0.717, 1.165) is 5.57 Å². The molecule has 0 amide bonds. The molecule has 0 saturated heterocycles. The molecule has 0 aromatic carbocycles. The fraction of sp³-hybridized carbons (Fsp3) is 0.444. The topological polar surface area (TPSA) is 17.1 Å². The number of ketones is 1. The molecule has 1 nitrogen and oxygen atoms in total. The summed E-state index contributed by atoms with van der Waals surface area (Å²) < 4.78 is 0. The highest BCUT2D eigenvalue weighted by molar-refractivity contribution is 5.95. The summed E-state index contributed by atoms with van der Waals surface area (Å²) in [6, 6.07) is 0. The van der Waals surface area contributed by atoms with Crippen LogP contribution in [0.25, 0.3) is 0 Å². The van der Waals surface area contributed by atoms with E-state index < -0.39 is 0 Å². The van der Waals surface area contributed by atoms with Crippen molar-refractivity contribution in [2.75, 3.05) is 0 Å². The highest BCUT2D eigenvalue weighted by atomic mass is 16.1. The Balaban J connectivity index is 2.91. The van der Waals surface area contributed by atoms with Gasteiger partial charge in [-0.3, -0.25) is 4.79 Å². The molecule has 1 rings (SSSR count). The standard InChI is InChI=1S/C9H10O/c1-4-8-6(2)5-9(10)7(8)3/h1,5,7-8H,2-3H3/t7-,8+/m1/s1. The van der Waals surface area contributed by atoms with Gasteiger partial charge >= 0.3 is 0 Å². The van der Waals surface area contributed by atoms with Gasteiger partial charge in [0.1, 0.15) is 0 Å². The predicted octanol–water partition coefficient (Wildman–Crippen LogP) is 1.40. The van der Waals surface area contributed by atoms with Crippen LogP contribution in [0.3, 0.4) is 0 Å². The number of terminal acetylenes is 1. The molecular weight excluding hydrogens is 124 g/mol. The Labute approximate surface area is 61.1 Å². The molecule has 0 N–H and O–H groups in total. The van der Waals surface area contributed by atoms with E-state index in [9.17, 15) is 4.79 Å². The highest BCUT2D eigenvalue weighted by Crippen LogP contribution is 2.27. The van der Waals surface area contributed by atoms with Crippen LogP contribution in [0.15, 0.2) is 11.6 Å². The zero-order valence-electron chi connectivity index (χ0n) is 6.22. The average molecular weight is 134 g/mol. The van der Waals surface area contributed by atoms with Crippen LogP contribution in [-0.4, -0.2) is 5.78 Å². The van der Waals surface area contributed by atoms with Crippen LogP contribution in [-0.2, 0) is 4.79 Å². The molecule has 0 radical (unpaired) electrons. The minimum absolute atomic E-state index is 0.00463. The molecule has 1 aliphatic rings. The van der Waals surface area contributed by atoms with Crippen molar-refractivity contribution in [3.8, 4) is 12.3 Å². The largest absolute Gasteiger partial charge is 0.294 e. The number of carbonyl (C=O) groups excluding carboxylic acids is 1. The van der Waals surface area contributed by atoms with Crippen molar-refractivity contribution in [1.29, 1.82) is 0 Å². The van der Waals surface area contributed by atoms with Crippen molar-refractivity contribution in [3.05, 3.63) is 11.6 Å². The fourth-order valence-electron chi connectivity index (χ4n) is 1.28. The van der Waals surface area contributed by atoms with E-state index in [-0.39, 0.29) is 17.6 Å². The molecule has 0 heterocycles. The van der Waals surface area contributed by atoms with Crippen molar-refractivity contribution in [2.45, 2.75) is 13.8 Å². The molecule has 1 aliphatic carbocycles. The Bertz CT molecular complexity index is 230. The number of allylic oxidation sites excluding steroid dienone is 2. The van der Waals surface area contributed by atoms with Gasteiger partial charge in [-0.2, -0.15) is 0 Å². The number of carbonyl (C=O) groups is 1. The molecule has 0 aromatic rings. The van der Waals surface area contributed by atoms with Crippen LogP contribution in [0.2, 0.25) is 0 Å². The third kappa shape index (κ3) is 0.863. The van der Waals surface area contributed by atoms with Gasteiger partial charge < -0.3 is 0 Å². The second kappa shape index (κ2) is 2.30. The van der Waals surface area contributed by atoms with Gasteiger partial charge in [-0.1, -0.05) is 18.4 Å². The molecule has 0 saturated carbocycles. The summed E-state index contributed by atoms with van der Waals surface area (Å²) >= 11 is 0. The maximum absolute atomic E-state index is 11.0. The number of hydrogen-bond acceptors (Lipinski definition) is 1. The highest BCUT2D eigenvalue weighted by Gasteiger charge is 2.28. The first-order valence-electron chi connectivity index (χ1n) is 3.35. The van der Waals surface area contributed by atoms with Gasteiger partial charge in [0.2, 0.25) is 0 Å². The van der Waals surface area contributed by atoms with Crippen molar-refractivity contribution in [3.63, 3.8) is 0 Å². The SMILES string of the molecule is C#C[C@H]1C(C)=CC(=O)[C@@H]1C. The quantitative estimate of drug-likeness (QED) is 0.458. The monoisotopic (exact) mass is 134 g/mol. The van der Waals surface area contributed by atoms with Crippen molar-refractivity contribution in [1.82, 2.24) is 0 Å². The normalized spacial score (nSPS) is 31.7. The van der Waals surface area contributed by atoms with Gasteiger partial charge in [-0.05, 0) is 13.0 Å². The lowest BCUT2D eigenvalue weighted by molar-refractivity contribution is -0.117. The van der Waals surface area contributed by atoms with Gasteiger partial charge in [0.05, 0.1) is 5.92 Å². The van der Waals surface area contributed by atoms with Gasteiger partial charge in [-0.25, -0.2) is 0 Å². The molecule has 52 valence electrons. The van der Waals surface area contributed by atoms with E-state index in [0.29, 0.717) is 0 Å². The molecule has 0 unspecified atom stereocenters. The third-order valence-electron chi connectivity index (χ3n) is 1.99. The Morgan fingerprint density at radius 3 is 2.50 bits per heavy atom. The lowest BCUT2D eigenvalue weighted by Crippen LogP contribution is -2.10. The van der Waals surface area contributed by atoms with E-state index in [4.69, 9.17) is 6.42 Å². The van der Waals surface area contributed by atoms with Gasteiger partial charge in [-0.15, -0.1) is 6.42 Å².